The van der Waals surface area contributed by atoms with Gasteiger partial charge in [0, 0.05) is 11.8 Å². The van der Waals surface area contributed by atoms with Gasteiger partial charge in [0.1, 0.15) is 11.1 Å². The normalized spacial score (nSPS) is 12.2. The highest BCUT2D eigenvalue weighted by Gasteiger charge is 2.24. The predicted octanol–water partition coefficient (Wildman–Crippen LogP) is 0.507. The molecule has 3 N–H and O–H groups in total. The number of amides is 1. The topological polar surface area (TPSA) is 89.3 Å². The van der Waals surface area contributed by atoms with E-state index in [1.807, 2.05) is 0 Å². The van der Waals surface area contributed by atoms with Gasteiger partial charge in [0.05, 0.1) is 12.2 Å². The van der Waals surface area contributed by atoms with Crippen LogP contribution in [0.5, 0.6) is 0 Å². The maximum Gasteiger partial charge on any atom is 0.242 e. The zero-order valence-corrected chi connectivity index (χ0v) is 11.9. The lowest BCUT2D eigenvalue weighted by Crippen LogP contribution is -2.32. The van der Waals surface area contributed by atoms with Gasteiger partial charge in [-0.15, -0.1) is 0 Å². The fourth-order valence-corrected chi connectivity index (χ4v) is 1.72. The van der Waals surface area contributed by atoms with Crippen LogP contribution in [0.25, 0.3) is 0 Å². The molecule has 1 aromatic carbocycles. The Morgan fingerprint density at radius 2 is 2.15 bits per heavy atom. The Morgan fingerprint density at radius 1 is 1.50 bits per heavy atom. The first-order valence-electron chi connectivity index (χ1n) is 5.74. The number of nitrogens with two attached hydrogens (primary N) is 1. The van der Waals surface area contributed by atoms with Crippen LogP contribution in [0.4, 0.5) is 10.1 Å². The predicted molar refractivity (Wildman–Crippen MR) is 75.3 cm³/mol. The van der Waals surface area contributed by atoms with Gasteiger partial charge in [0.15, 0.2) is 9.84 Å². The van der Waals surface area contributed by atoms with Gasteiger partial charge in [-0.25, -0.2) is 12.8 Å². The summed E-state index contributed by atoms with van der Waals surface area (Å²) in [6, 6.07) is 3.97. The van der Waals surface area contributed by atoms with E-state index in [9.17, 15) is 17.6 Å². The molecule has 0 aliphatic rings. The minimum atomic E-state index is -3.53. The second-order valence-corrected chi connectivity index (χ2v) is 6.53. The van der Waals surface area contributed by atoms with E-state index in [4.69, 9.17) is 5.73 Å². The maximum atomic E-state index is 13.7. The average molecular weight is 298 g/mol. The van der Waals surface area contributed by atoms with Crippen LogP contribution in [0.3, 0.4) is 0 Å². The zero-order chi connectivity index (χ0) is 15.3. The summed E-state index contributed by atoms with van der Waals surface area (Å²) >= 11 is 0. The van der Waals surface area contributed by atoms with Gasteiger partial charge in [-0.3, -0.25) is 4.79 Å². The Kier molecular flexibility index (Phi) is 5.25. The Morgan fingerprint density at radius 3 is 2.65 bits per heavy atom. The first-order valence-corrected chi connectivity index (χ1v) is 7.69. The van der Waals surface area contributed by atoms with Gasteiger partial charge >= 0.3 is 0 Å². The highest BCUT2D eigenvalue weighted by Crippen LogP contribution is 2.16. The summed E-state index contributed by atoms with van der Waals surface area (Å²) < 4.78 is 36.2. The summed E-state index contributed by atoms with van der Waals surface area (Å²) in [6.07, 6.45) is 0.944. The molecule has 108 valence electrons. The Hall–Kier alpha value is -1.91. The number of carbonyl (C=O) groups excluding carboxylic acids is 1. The summed E-state index contributed by atoms with van der Waals surface area (Å²) in [6.45, 7) is 1.40. The molecule has 0 saturated heterocycles. The molecule has 7 heteroatoms. The molecule has 20 heavy (non-hydrogen) atoms. The van der Waals surface area contributed by atoms with Crippen LogP contribution in [-0.2, 0) is 14.6 Å². The quantitative estimate of drug-likeness (QED) is 0.796. The van der Waals surface area contributed by atoms with Crippen molar-refractivity contribution in [3.63, 3.8) is 0 Å². The van der Waals surface area contributed by atoms with E-state index >= 15 is 0 Å². The van der Waals surface area contributed by atoms with E-state index in [0.717, 1.165) is 12.3 Å². The fourth-order valence-electron chi connectivity index (χ4n) is 1.28. The third-order valence-electron chi connectivity index (χ3n) is 2.57. The van der Waals surface area contributed by atoms with Crippen molar-refractivity contribution in [3.8, 4) is 11.8 Å². The summed E-state index contributed by atoms with van der Waals surface area (Å²) in [5, 5.41) is 0.983. The monoisotopic (exact) mass is 298 g/mol. The van der Waals surface area contributed by atoms with Crippen LogP contribution in [0, 0.1) is 17.7 Å². The lowest BCUT2D eigenvalue weighted by molar-refractivity contribution is -0.115. The Labute approximate surface area is 117 Å². The molecule has 1 aromatic rings. The number of anilines is 1. The average Bonchev–Trinajstić information content (AvgIpc) is 2.37. The molecule has 0 bridgehead atoms. The SMILES string of the molecule is CC(C(=O)Nc1ccc(C#CCN)cc1F)S(C)(=O)=O. The molecular weight excluding hydrogens is 283 g/mol. The summed E-state index contributed by atoms with van der Waals surface area (Å²) in [5.74, 6) is 3.75. The van der Waals surface area contributed by atoms with Crippen molar-refractivity contribution in [1.82, 2.24) is 0 Å². The van der Waals surface area contributed by atoms with Crippen LogP contribution >= 0.6 is 0 Å². The van der Waals surface area contributed by atoms with E-state index < -0.39 is 26.8 Å². The summed E-state index contributed by atoms with van der Waals surface area (Å²) in [4.78, 5) is 11.7. The smallest absolute Gasteiger partial charge is 0.242 e. The third-order valence-corrected chi connectivity index (χ3v) is 4.07. The summed E-state index contributed by atoms with van der Waals surface area (Å²) in [5.41, 5.74) is 5.53. The molecule has 1 unspecified atom stereocenters. The Balaban J connectivity index is 2.92. The number of hydrogen-bond donors (Lipinski definition) is 2. The van der Waals surface area contributed by atoms with Crippen molar-refractivity contribution in [2.75, 3.05) is 18.1 Å². The van der Waals surface area contributed by atoms with Gasteiger partial charge in [0.25, 0.3) is 0 Å². The number of nitrogens with one attached hydrogen (secondary N) is 1. The van der Waals surface area contributed by atoms with Gasteiger partial charge in [-0.2, -0.15) is 0 Å². The summed E-state index contributed by atoms with van der Waals surface area (Å²) in [7, 11) is -3.53. The van der Waals surface area contributed by atoms with E-state index in [1.54, 1.807) is 0 Å². The second kappa shape index (κ2) is 6.50. The molecule has 0 saturated carbocycles. The number of rotatable bonds is 3. The van der Waals surface area contributed by atoms with E-state index in [-0.39, 0.29) is 12.2 Å². The molecule has 0 aromatic heterocycles. The molecule has 0 spiro atoms. The van der Waals surface area contributed by atoms with Crippen molar-refractivity contribution < 1.29 is 17.6 Å². The maximum absolute atomic E-state index is 13.7. The van der Waals surface area contributed by atoms with Crippen molar-refractivity contribution in [2.45, 2.75) is 12.2 Å². The van der Waals surface area contributed by atoms with Crippen LogP contribution in [0.2, 0.25) is 0 Å². The van der Waals surface area contributed by atoms with E-state index in [1.165, 1.54) is 19.1 Å². The van der Waals surface area contributed by atoms with Crippen LogP contribution in [0.15, 0.2) is 18.2 Å². The lowest BCUT2D eigenvalue weighted by Gasteiger charge is -2.11. The number of sulfone groups is 1. The van der Waals surface area contributed by atoms with Gasteiger partial charge in [-0.05, 0) is 25.1 Å². The molecule has 0 fully saturated rings. The highest BCUT2D eigenvalue weighted by atomic mass is 32.2. The zero-order valence-electron chi connectivity index (χ0n) is 11.1. The molecule has 1 rings (SSSR count). The molecule has 5 nitrogen and oxygen atoms in total. The molecule has 0 aliphatic carbocycles. The minimum absolute atomic E-state index is 0.0937. The van der Waals surface area contributed by atoms with Crippen molar-refractivity contribution >= 4 is 21.4 Å². The highest BCUT2D eigenvalue weighted by molar-refractivity contribution is 7.92. The number of halogens is 1. The number of benzene rings is 1. The first-order chi connectivity index (χ1) is 9.25. The molecule has 1 atom stereocenters. The second-order valence-electron chi connectivity index (χ2n) is 4.16. The molecule has 1 amide bonds. The van der Waals surface area contributed by atoms with Crippen LogP contribution < -0.4 is 11.1 Å². The van der Waals surface area contributed by atoms with Gasteiger partial charge in [-0.1, -0.05) is 11.8 Å². The fraction of sp³-hybridized carbons (Fsp3) is 0.308. The van der Waals surface area contributed by atoms with Crippen molar-refractivity contribution in [2.24, 2.45) is 5.73 Å². The molecular formula is C13H15FN2O3S. The van der Waals surface area contributed by atoms with E-state index in [2.05, 4.69) is 17.2 Å². The Bertz CT molecular complexity index is 675. The lowest BCUT2D eigenvalue weighted by atomic mass is 10.2. The van der Waals surface area contributed by atoms with Crippen molar-refractivity contribution in [1.29, 1.82) is 0 Å². The first kappa shape index (κ1) is 16.1. The largest absolute Gasteiger partial charge is 0.322 e. The third kappa shape index (κ3) is 4.33. The molecule has 0 heterocycles. The van der Waals surface area contributed by atoms with Gasteiger partial charge < -0.3 is 11.1 Å². The number of hydrogen-bond acceptors (Lipinski definition) is 4. The van der Waals surface area contributed by atoms with Crippen LogP contribution in [0.1, 0.15) is 12.5 Å². The molecule has 0 radical (unpaired) electrons. The standard InChI is InChI=1S/C13H15FN2O3S/c1-9(20(2,18)19)13(17)16-12-6-5-10(4-3-7-15)8-11(12)14/h5-6,8-9H,7,15H2,1-2H3,(H,16,17). The van der Waals surface area contributed by atoms with E-state index in [0.29, 0.717) is 5.56 Å². The van der Waals surface area contributed by atoms with Crippen molar-refractivity contribution in [3.05, 3.63) is 29.6 Å². The minimum Gasteiger partial charge on any atom is -0.322 e. The molecule has 0 aliphatic heterocycles. The van der Waals surface area contributed by atoms with Crippen LogP contribution in [-0.4, -0.2) is 32.4 Å². The number of carbonyl (C=O) groups is 1. The van der Waals surface area contributed by atoms with Gasteiger partial charge in [0.2, 0.25) is 5.91 Å².